The van der Waals surface area contributed by atoms with Crippen molar-refractivity contribution in [1.82, 2.24) is 0 Å². The molecule has 3 aliphatic carbocycles. The van der Waals surface area contributed by atoms with Crippen LogP contribution in [0.2, 0.25) is 0 Å². The van der Waals surface area contributed by atoms with Crippen LogP contribution in [0.1, 0.15) is 39.0 Å². The average molecular weight is 254 g/mol. The van der Waals surface area contributed by atoms with Gasteiger partial charge < -0.3 is 5.11 Å². The molecule has 3 rings (SSSR count). The van der Waals surface area contributed by atoms with Crippen LogP contribution in [-0.4, -0.2) is 11.2 Å². The lowest BCUT2D eigenvalue weighted by Gasteiger charge is -2.27. The average Bonchev–Trinajstić information content (AvgIpc) is 2.46. The van der Waals surface area contributed by atoms with E-state index in [9.17, 15) is 5.11 Å². The number of allylic oxidation sites excluding steroid dienone is 6. The second-order valence-corrected chi connectivity index (χ2v) is 5.90. The zero-order valence-electron chi connectivity index (χ0n) is 11.6. The largest absolute Gasteiger partial charge is 0.384 e. The fraction of sp³-hybridized carbons (Fsp3) is 0.444. The molecular formula is C18H22O. The summed E-state index contributed by atoms with van der Waals surface area (Å²) in [5.41, 5.74) is 4.93. The quantitative estimate of drug-likeness (QED) is 0.781. The SMILES string of the molecule is CC1=CC(C(O)C2=CCC3CCC=CC3=C2)=CCC1. The fourth-order valence-corrected chi connectivity index (χ4v) is 3.22. The van der Waals surface area contributed by atoms with E-state index < -0.39 is 6.10 Å². The molecule has 3 aliphatic rings. The molecule has 0 radical (unpaired) electrons. The minimum absolute atomic E-state index is 0.445. The van der Waals surface area contributed by atoms with Crippen molar-refractivity contribution in [3.05, 3.63) is 58.7 Å². The van der Waals surface area contributed by atoms with Gasteiger partial charge in [-0.05, 0) is 61.7 Å². The Morgan fingerprint density at radius 1 is 1.16 bits per heavy atom. The molecule has 0 bridgehead atoms. The second-order valence-electron chi connectivity index (χ2n) is 5.90. The molecule has 19 heavy (non-hydrogen) atoms. The Morgan fingerprint density at radius 2 is 2.00 bits per heavy atom. The predicted octanol–water partition coefficient (Wildman–Crippen LogP) is 4.24. The lowest BCUT2D eigenvalue weighted by atomic mass is 9.80. The molecule has 0 aromatic rings. The Balaban J connectivity index is 1.81. The summed E-state index contributed by atoms with van der Waals surface area (Å²) in [5, 5.41) is 10.6. The maximum absolute atomic E-state index is 10.6. The van der Waals surface area contributed by atoms with Crippen LogP contribution in [0.5, 0.6) is 0 Å². The number of rotatable bonds is 2. The molecule has 100 valence electrons. The molecule has 0 saturated carbocycles. The standard InChI is InChI=1S/C18H22O/c1-13-5-4-8-16(11-13)18(19)17-10-9-14-6-2-3-7-15(14)12-17/h3,7-8,10-12,14,18-19H,2,4-6,9H2,1H3. The van der Waals surface area contributed by atoms with E-state index in [0.717, 1.165) is 30.4 Å². The minimum Gasteiger partial charge on any atom is -0.384 e. The van der Waals surface area contributed by atoms with Gasteiger partial charge in [0.2, 0.25) is 0 Å². The number of aliphatic hydroxyl groups is 1. The van der Waals surface area contributed by atoms with E-state index in [4.69, 9.17) is 0 Å². The van der Waals surface area contributed by atoms with Gasteiger partial charge in [0, 0.05) is 0 Å². The Bertz CT molecular complexity index is 514. The van der Waals surface area contributed by atoms with Gasteiger partial charge in [0.15, 0.2) is 0 Å². The molecule has 2 unspecified atom stereocenters. The first-order chi connectivity index (χ1) is 9.24. The highest BCUT2D eigenvalue weighted by molar-refractivity contribution is 5.45. The van der Waals surface area contributed by atoms with Crippen molar-refractivity contribution in [3.8, 4) is 0 Å². The summed E-state index contributed by atoms with van der Waals surface area (Å²) in [6.45, 7) is 2.15. The summed E-state index contributed by atoms with van der Waals surface area (Å²) in [6.07, 6.45) is 18.5. The Labute approximate surface area is 115 Å². The van der Waals surface area contributed by atoms with Crippen LogP contribution < -0.4 is 0 Å². The molecule has 2 atom stereocenters. The van der Waals surface area contributed by atoms with Gasteiger partial charge in [-0.25, -0.2) is 0 Å². The molecule has 0 fully saturated rings. The van der Waals surface area contributed by atoms with Gasteiger partial charge >= 0.3 is 0 Å². The first-order valence-electron chi connectivity index (χ1n) is 7.37. The molecule has 0 aromatic carbocycles. The van der Waals surface area contributed by atoms with E-state index in [-0.39, 0.29) is 0 Å². The monoisotopic (exact) mass is 254 g/mol. The molecule has 0 amide bonds. The minimum atomic E-state index is -0.445. The van der Waals surface area contributed by atoms with Crippen LogP contribution >= 0.6 is 0 Å². The van der Waals surface area contributed by atoms with E-state index in [1.165, 1.54) is 24.0 Å². The van der Waals surface area contributed by atoms with Crippen molar-refractivity contribution < 1.29 is 5.11 Å². The summed E-state index contributed by atoms with van der Waals surface area (Å²) in [6, 6.07) is 0. The summed E-state index contributed by atoms with van der Waals surface area (Å²) >= 11 is 0. The van der Waals surface area contributed by atoms with Gasteiger partial charge in [0.05, 0.1) is 0 Å². The number of hydrogen-bond acceptors (Lipinski definition) is 1. The highest BCUT2D eigenvalue weighted by Crippen LogP contribution is 2.34. The third-order valence-electron chi connectivity index (χ3n) is 4.40. The number of fused-ring (bicyclic) bond motifs is 1. The van der Waals surface area contributed by atoms with Gasteiger partial charge in [-0.3, -0.25) is 0 Å². The molecule has 1 heteroatoms. The van der Waals surface area contributed by atoms with Crippen molar-refractivity contribution in [2.24, 2.45) is 5.92 Å². The molecule has 1 N–H and O–H groups in total. The van der Waals surface area contributed by atoms with E-state index >= 15 is 0 Å². The highest BCUT2D eigenvalue weighted by Gasteiger charge is 2.22. The van der Waals surface area contributed by atoms with Crippen LogP contribution in [0.25, 0.3) is 0 Å². The van der Waals surface area contributed by atoms with Crippen LogP contribution in [0.4, 0.5) is 0 Å². The zero-order chi connectivity index (χ0) is 13.2. The van der Waals surface area contributed by atoms with Crippen LogP contribution in [-0.2, 0) is 0 Å². The lowest BCUT2D eigenvalue weighted by molar-refractivity contribution is 0.251. The normalized spacial score (nSPS) is 27.8. The number of hydrogen-bond donors (Lipinski definition) is 1. The van der Waals surface area contributed by atoms with Crippen molar-refractivity contribution in [1.29, 1.82) is 0 Å². The van der Waals surface area contributed by atoms with Crippen LogP contribution in [0.15, 0.2) is 58.7 Å². The van der Waals surface area contributed by atoms with E-state index in [1.807, 2.05) is 0 Å². The van der Waals surface area contributed by atoms with Gasteiger partial charge in [-0.1, -0.05) is 42.0 Å². The molecule has 0 aliphatic heterocycles. The topological polar surface area (TPSA) is 20.2 Å². The van der Waals surface area contributed by atoms with Gasteiger partial charge in [-0.2, -0.15) is 0 Å². The van der Waals surface area contributed by atoms with Crippen molar-refractivity contribution in [2.75, 3.05) is 0 Å². The first-order valence-corrected chi connectivity index (χ1v) is 7.37. The fourth-order valence-electron chi connectivity index (χ4n) is 3.22. The van der Waals surface area contributed by atoms with E-state index in [0.29, 0.717) is 5.92 Å². The Morgan fingerprint density at radius 3 is 2.84 bits per heavy atom. The Kier molecular flexibility index (Phi) is 3.56. The predicted molar refractivity (Wildman–Crippen MR) is 79.7 cm³/mol. The summed E-state index contributed by atoms with van der Waals surface area (Å²) in [5.74, 6) is 0.679. The van der Waals surface area contributed by atoms with Gasteiger partial charge in [-0.15, -0.1) is 0 Å². The first kappa shape index (κ1) is 12.7. The molecule has 0 aromatic heterocycles. The lowest BCUT2D eigenvalue weighted by Crippen LogP contribution is -2.18. The Hall–Kier alpha value is -1.34. The smallest absolute Gasteiger partial charge is 0.103 e. The molecular weight excluding hydrogens is 232 g/mol. The summed E-state index contributed by atoms with van der Waals surface area (Å²) in [4.78, 5) is 0. The van der Waals surface area contributed by atoms with Crippen LogP contribution in [0, 0.1) is 5.92 Å². The van der Waals surface area contributed by atoms with Crippen LogP contribution in [0.3, 0.4) is 0 Å². The summed E-state index contributed by atoms with van der Waals surface area (Å²) in [7, 11) is 0. The van der Waals surface area contributed by atoms with Gasteiger partial charge in [0.1, 0.15) is 6.10 Å². The summed E-state index contributed by atoms with van der Waals surface area (Å²) < 4.78 is 0. The van der Waals surface area contributed by atoms with E-state index in [2.05, 4.69) is 43.4 Å². The molecule has 0 saturated heterocycles. The maximum atomic E-state index is 10.6. The zero-order valence-corrected chi connectivity index (χ0v) is 11.6. The molecule has 0 spiro atoms. The third-order valence-corrected chi connectivity index (χ3v) is 4.40. The van der Waals surface area contributed by atoms with Crippen molar-refractivity contribution >= 4 is 0 Å². The number of aliphatic hydroxyl groups excluding tert-OH is 1. The molecule has 0 heterocycles. The third kappa shape index (κ3) is 2.66. The van der Waals surface area contributed by atoms with Crippen molar-refractivity contribution in [2.45, 2.75) is 45.1 Å². The van der Waals surface area contributed by atoms with Gasteiger partial charge in [0.25, 0.3) is 0 Å². The molecule has 1 nitrogen and oxygen atoms in total. The van der Waals surface area contributed by atoms with Crippen molar-refractivity contribution in [3.63, 3.8) is 0 Å². The highest BCUT2D eigenvalue weighted by atomic mass is 16.3. The second kappa shape index (κ2) is 5.34. The maximum Gasteiger partial charge on any atom is 0.103 e. The van der Waals surface area contributed by atoms with E-state index in [1.54, 1.807) is 0 Å².